The molecule has 0 radical (unpaired) electrons. The van der Waals surface area contributed by atoms with Crippen LogP contribution in [0.5, 0.6) is 0 Å². The molecule has 4 N–H and O–H groups in total. The van der Waals surface area contributed by atoms with Crippen molar-refractivity contribution in [1.82, 2.24) is 0 Å². The summed E-state index contributed by atoms with van der Waals surface area (Å²) < 4.78 is 53.9. The first-order chi connectivity index (χ1) is 9.53. The molecule has 0 saturated carbocycles. The average Bonchev–Trinajstić information content (AvgIpc) is 2.32. The molecule has 1 aromatic carbocycles. The zero-order valence-electron chi connectivity index (χ0n) is 11.0. The van der Waals surface area contributed by atoms with E-state index in [1.165, 1.54) is 12.1 Å². The van der Waals surface area contributed by atoms with Gasteiger partial charge in [-0.2, -0.15) is 16.8 Å². The lowest BCUT2D eigenvalue weighted by molar-refractivity contribution is 0.0597. The first kappa shape index (κ1) is 18.3. The van der Waals surface area contributed by atoms with Crippen LogP contribution >= 0.6 is 11.6 Å². The molecule has 0 unspecified atom stereocenters. The average molecular weight is 359 g/mol. The smallest absolute Gasteiger partial charge is 0.252 e. The molecule has 0 aliphatic carbocycles. The fourth-order valence-corrected chi connectivity index (χ4v) is 3.01. The number of hydrogen-bond donors (Lipinski definition) is 2. The van der Waals surface area contributed by atoms with E-state index in [0.29, 0.717) is 0 Å². The van der Waals surface area contributed by atoms with E-state index in [1.807, 2.05) is 0 Å². The Morgan fingerprint density at radius 3 is 2.05 bits per heavy atom. The van der Waals surface area contributed by atoms with E-state index in [2.05, 4.69) is 4.18 Å². The van der Waals surface area contributed by atoms with Gasteiger partial charge in [0.1, 0.15) is 12.2 Å². The van der Waals surface area contributed by atoms with Gasteiger partial charge in [-0.25, -0.2) is 14.5 Å². The van der Waals surface area contributed by atoms with Gasteiger partial charge >= 0.3 is 20.6 Å². The summed E-state index contributed by atoms with van der Waals surface area (Å²) in [6.07, 6.45) is -2.47. The predicted molar refractivity (Wildman–Crippen MR) is 76.7 cm³/mol. The normalized spacial score (nSPS) is 15.6. The molecule has 0 spiro atoms. The summed E-state index contributed by atoms with van der Waals surface area (Å²) in [6, 6.07) is 6.14. The van der Waals surface area contributed by atoms with Gasteiger partial charge in [-0.3, -0.25) is 4.18 Å². The Hall–Kier alpha value is -0.750. The van der Waals surface area contributed by atoms with Gasteiger partial charge in [0.25, 0.3) is 0 Å². The Morgan fingerprint density at radius 1 is 1.10 bits per heavy atom. The lowest BCUT2D eigenvalue weighted by atomic mass is 10.0. The Kier molecular flexibility index (Phi) is 6.11. The molecule has 8 nitrogen and oxygen atoms in total. The van der Waals surface area contributed by atoms with Crippen LogP contribution in [0.25, 0.3) is 0 Å². The van der Waals surface area contributed by atoms with Gasteiger partial charge in [0.15, 0.2) is 0 Å². The monoisotopic (exact) mass is 358 g/mol. The standard InChI is InChI=1S/C10H15ClN2O6S2/c1-2-9(18-20(12,14)15)10(19-21(13,16)17)7-5-3-4-6-8(7)11/h3-6,9-10H,2H2,1H3,(H2,12,14,15)(H2,13,16,17)/t9-,10-/m1/s1. The third-order valence-corrected chi connectivity index (χ3v) is 3.78. The van der Waals surface area contributed by atoms with Crippen molar-refractivity contribution in [3.63, 3.8) is 0 Å². The van der Waals surface area contributed by atoms with Crippen molar-refractivity contribution in [2.24, 2.45) is 10.3 Å². The molecule has 0 aromatic heterocycles. The number of hydrogen-bond acceptors (Lipinski definition) is 6. The summed E-state index contributed by atoms with van der Waals surface area (Å²) in [4.78, 5) is 0. The lowest BCUT2D eigenvalue weighted by Crippen LogP contribution is -2.33. The number of halogens is 1. The van der Waals surface area contributed by atoms with Gasteiger partial charge in [-0.05, 0) is 12.5 Å². The molecule has 0 heterocycles. The highest BCUT2D eigenvalue weighted by Crippen LogP contribution is 2.32. The molecule has 0 aliphatic heterocycles. The summed E-state index contributed by atoms with van der Waals surface area (Å²) in [6.45, 7) is 1.56. The molecule has 1 aromatic rings. The topological polar surface area (TPSA) is 139 Å². The quantitative estimate of drug-likeness (QED) is 0.731. The third kappa shape index (κ3) is 6.26. The molecule has 0 fully saturated rings. The highest BCUT2D eigenvalue weighted by atomic mass is 35.5. The molecule has 0 bridgehead atoms. The van der Waals surface area contributed by atoms with Gasteiger partial charge in [0.05, 0.1) is 0 Å². The maximum Gasteiger partial charge on any atom is 0.333 e. The molecule has 0 amide bonds. The SMILES string of the molecule is CC[C@@H](OS(N)(=O)=O)[C@H](OS(N)(=O)=O)c1ccccc1Cl. The van der Waals surface area contributed by atoms with Gasteiger partial charge in [0.2, 0.25) is 0 Å². The predicted octanol–water partition coefficient (Wildman–Crippen LogP) is 0.600. The molecule has 0 saturated heterocycles. The summed E-state index contributed by atoms with van der Waals surface area (Å²) in [7, 11) is -8.69. The van der Waals surface area contributed by atoms with E-state index < -0.39 is 32.8 Å². The van der Waals surface area contributed by atoms with Crippen LogP contribution in [-0.4, -0.2) is 22.9 Å². The van der Waals surface area contributed by atoms with Crippen molar-refractivity contribution in [2.45, 2.75) is 25.6 Å². The van der Waals surface area contributed by atoms with Crippen LogP contribution in [0.15, 0.2) is 24.3 Å². The first-order valence-corrected chi connectivity index (χ1v) is 9.02. The minimum absolute atomic E-state index is 0.0852. The van der Waals surface area contributed by atoms with E-state index in [-0.39, 0.29) is 17.0 Å². The number of benzene rings is 1. The molecule has 1 rings (SSSR count). The zero-order valence-corrected chi connectivity index (χ0v) is 13.4. The van der Waals surface area contributed by atoms with Crippen LogP contribution in [0.3, 0.4) is 0 Å². The molecule has 120 valence electrons. The second-order valence-electron chi connectivity index (χ2n) is 4.07. The van der Waals surface area contributed by atoms with Crippen LogP contribution in [-0.2, 0) is 29.0 Å². The first-order valence-electron chi connectivity index (χ1n) is 5.70. The van der Waals surface area contributed by atoms with Gasteiger partial charge in [-0.15, -0.1) is 0 Å². The minimum atomic E-state index is -4.37. The van der Waals surface area contributed by atoms with E-state index in [1.54, 1.807) is 19.1 Å². The van der Waals surface area contributed by atoms with E-state index >= 15 is 0 Å². The van der Waals surface area contributed by atoms with Crippen LogP contribution in [0, 0.1) is 0 Å². The fraction of sp³-hybridized carbons (Fsp3) is 0.400. The molecule has 0 aliphatic rings. The molecular formula is C10H15ClN2O6S2. The minimum Gasteiger partial charge on any atom is -0.252 e. The summed E-state index contributed by atoms with van der Waals surface area (Å²) in [5.74, 6) is 0. The zero-order chi connectivity index (χ0) is 16.3. The van der Waals surface area contributed by atoms with Crippen LogP contribution in [0.1, 0.15) is 25.0 Å². The van der Waals surface area contributed by atoms with Crippen LogP contribution in [0.4, 0.5) is 0 Å². The Labute approximate surface area is 128 Å². The van der Waals surface area contributed by atoms with E-state index in [0.717, 1.165) is 0 Å². The third-order valence-electron chi connectivity index (χ3n) is 2.45. The Morgan fingerprint density at radius 2 is 1.62 bits per heavy atom. The summed E-state index contributed by atoms with van der Waals surface area (Å²) >= 11 is 5.97. The molecule has 2 atom stereocenters. The Bertz CT molecular complexity index is 691. The molecule has 11 heteroatoms. The highest BCUT2D eigenvalue weighted by Gasteiger charge is 2.32. The van der Waals surface area contributed by atoms with Gasteiger partial charge in [-0.1, -0.05) is 36.7 Å². The second-order valence-corrected chi connectivity index (χ2v) is 6.83. The van der Waals surface area contributed by atoms with Crippen molar-refractivity contribution in [1.29, 1.82) is 0 Å². The maximum atomic E-state index is 11.2. The van der Waals surface area contributed by atoms with E-state index in [9.17, 15) is 16.8 Å². The van der Waals surface area contributed by atoms with Crippen LogP contribution < -0.4 is 10.3 Å². The molecular weight excluding hydrogens is 344 g/mol. The van der Waals surface area contributed by atoms with Crippen molar-refractivity contribution in [2.75, 3.05) is 0 Å². The van der Waals surface area contributed by atoms with Crippen molar-refractivity contribution in [3.8, 4) is 0 Å². The summed E-state index contributed by atoms with van der Waals surface area (Å²) in [5, 5.41) is 9.83. The number of rotatable bonds is 7. The lowest BCUT2D eigenvalue weighted by Gasteiger charge is -2.25. The van der Waals surface area contributed by atoms with Gasteiger partial charge < -0.3 is 0 Å². The van der Waals surface area contributed by atoms with Crippen molar-refractivity contribution < 1.29 is 25.2 Å². The van der Waals surface area contributed by atoms with Crippen molar-refractivity contribution in [3.05, 3.63) is 34.9 Å². The van der Waals surface area contributed by atoms with Gasteiger partial charge in [0, 0.05) is 10.6 Å². The summed E-state index contributed by atoms with van der Waals surface area (Å²) in [5.41, 5.74) is 0.212. The van der Waals surface area contributed by atoms with Crippen LogP contribution in [0.2, 0.25) is 5.02 Å². The fourth-order valence-electron chi connectivity index (χ4n) is 1.67. The largest absolute Gasteiger partial charge is 0.333 e. The van der Waals surface area contributed by atoms with E-state index in [4.69, 9.17) is 26.1 Å². The Balaban J connectivity index is 3.27. The van der Waals surface area contributed by atoms with Crippen molar-refractivity contribution >= 4 is 32.2 Å². The number of nitrogens with two attached hydrogens (primary N) is 2. The maximum absolute atomic E-state index is 11.2. The molecule has 21 heavy (non-hydrogen) atoms. The highest BCUT2D eigenvalue weighted by molar-refractivity contribution is 7.84. The second kappa shape index (κ2) is 7.01.